The Balaban J connectivity index is 1.42. The summed E-state index contributed by atoms with van der Waals surface area (Å²) in [5, 5.41) is 119. The molecule has 1 amide bonds. The lowest BCUT2D eigenvalue weighted by Crippen LogP contribution is -2.66. The molecule has 12 N–H and O–H groups in total. The quantitative estimate of drug-likeness (QED) is 0.0396. The van der Waals surface area contributed by atoms with Crippen LogP contribution in [0.15, 0.2) is 0 Å². The molecule has 19 nitrogen and oxygen atoms in total. The molecule has 17 unspecified atom stereocenters. The van der Waals surface area contributed by atoms with E-state index in [0.29, 0.717) is 12.8 Å². The van der Waals surface area contributed by atoms with Gasteiger partial charge in [-0.3, -0.25) is 4.79 Å². The lowest BCUT2D eigenvalue weighted by atomic mass is 9.96. The predicted molar refractivity (Wildman–Crippen MR) is 254 cm³/mol. The van der Waals surface area contributed by atoms with Gasteiger partial charge in [0.25, 0.3) is 0 Å². The van der Waals surface area contributed by atoms with E-state index in [0.717, 1.165) is 38.5 Å². The standard InChI is InChI=1S/C50H95NO18/c1-3-5-7-8-9-10-11-12-13-14-15-16-17-18-19-20-21-22-23-24-26-27-34(55)33(51-38(56)28-25-6-4-2)32-64-48-44(62)41(59)46(36(30-53)66-48)69-50-45(63)42(60)47(37(31-54)67-50)68-49-43(61)40(58)39(57)35(29-52)65-49/h33-37,39-50,52-55,57-63H,3-32H2,1-2H3,(H,51,56). The van der Waals surface area contributed by atoms with Gasteiger partial charge in [0.2, 0.25) is 5.91 Å². The van der Waals surface area contributed by atoms with Gasteiger partial charge in [-0.25, -0.2) is 0 Å². The molecule has 0 bridgehead atoms. The molecule has 0 aliphatic carbocycles. The summed E-state index contributed by atoms with van der Waals surface area (Å²) in [6.07, 6.45) is 3.26. The van der Waals surface area contributed by atoms with Gasteiger partial charge in [0.15, 0.2) is 18.9 Å². The molecule has 3 heterocycles. The number of rotatable bonds is 38. The first-order chi connectivity index (χ1) is 33.3. The largest absolute Gasteiger partial charge is 0.394 e. The zero-order chi connectivity index (χ0) is 50.6. The minimum atomic E-state index is -1.97. The fourth-order valence-corrected chi connectivity index (χ4v) is 9.43. The maximum Gasteiger partial charge on any atom is 0.220 e. The zero-order valence-electron chi connectivity index (χ0n) is 41.8. The molecule has 3 saturated heterocycles. The van der Waals surface area contributed by atoms with E-state index >= 15 is 0 Å². The average Bonchev–Trinajstić information content (AvgIpc) is 3.34. The second-order valence-electron chi connectivity index (χ2n) is 19.7. The number of hydrogen-bond donors (Lipinski definition) is 12. The molecule has 0 spiro atoms. The molecule has 19 heteroatoms. The number of carbonyl (C=O) groups excluding carboxylic acids is 1. The molecule has 0 radical (unpaired) electrons. The van der Waals surface area contributed by atoms with E-state index in [2.05, 4.69) is 12.2 Å². The van der Waals surface area contributed by atoms with Gasteiger partial charge in [0, 0.05) is 6.42 Å². The van der Waals surface area contributed by atoms with Crippen molar-refractivity contribution < 1.29 is 89.4 Å². The van der Waals surface area contributed by atoms with Crippen LogP contribution in [0.25, 0.3) is 0 Å². The van der Waals surface area contributed by atoms with E-state index in [-0.39, 0.29) is 18.9 Å². The van der Waals surface area contributed by atoms with Crippen LogP contribution in [0.1, 0.15) is 181 Å². The van der Waals surface area contributed by atoms with Crippen LogP contribution in [-0.2, 0) is 33.2 Å². The number of carbonyl (C=O) groups is 1. The highest BCUT2D eigenvalue weighted by Crippen LogP contribution is 2.33. The normalized spacial score (nSPS) is 32.8. The van der Waals surface area contributed by atoms with Gasteiger partial charge in [-0.05, 0) is 12.8 Å². The molecule has 3 aliphatic rings. The maximum absolute atomic E-state index is 12.9. The molecule has 0 aromatic heterocycles. The molecule has 0 saturated carbocycles. The highest BCUT2D eigenvalue weighted by Gasteiger charge is 2.53. The third-order valence-electron chi connectivity index (χ3n) is 13.9. The minimum absolute atomic E-state index is 0.255. The van der Waals surface area contributed by atoms with E-state index in [9.17, 15) is 61.0 Å². The van der Waals surface area contributed by atoms with Crippen LogP contribution in [0.5, 0.6) is 0 Å². The molecule has 408 valence electrons. The second-order valence-corrected chi connectivity index (χ2v) is 19.7. The van der Waals surface area contributed by atoms with Crippen LogP contribution < -0.4 is 5.32 Å². The van der Waals surface area contributed by atoms with E-state index in [1.807, 2.05) is 6.92 Å². The van der Waals surface area contributed by atoms with Crippen molar-refractivity contribution in [2.45, 2.75) is 285 Å². The van der Waals surface area contributed by atoms with Crippen LogP contribution in [0.3, 0.4) is 0 Å². The molecule has 0 aromatic carbocycles. The molecular weight excluding hydrogens is 903 g/mol. The van der Waals surface area contributed by atoms with Gasteiger partial charge in [0.1, 0.15) is 73.2 Å². The van der Waals surface area contributed by atoms with Crippen LogP contribution in [0.4, 0.5) is 0 Å². The van der Waals surface area contributed by atoms with Crippen LogP contribution in [0, 0.1) is 0 Å². The Kier molecular flexibility index (Phi) is 32.3. The SMILES string of the molecule is CCCCCCCCCCCCCCCCCCCCCCCC(O)C(COC1OC(CO)C(OC2OC(CO)C(OC3OC(CO)C(O)C(O)C3O)C(O)C2O)C(O)C1O)NC(=O)CCCCC. The van der Waals surface area contributed by atoms with Gasteiger partial charge in [-0.2, -0.15) is 0 Å². The highest BCUT2D eigenvalue weighted by molar-refractivity contribution is 5.76. The Morgan fingerprint density at radius 2 is 0.826 bits per heavy atom. The number of ether oxygens (including phenoxy) is 6. The summed E-state index contributed by atoms with van der Waals surface area (Å²) >= 11 is 0. The first-order valence-corrected chi connectivity index (χ1v) is 26.8. The Bertz CT molecular complexity index is 1290. The lowest BCUT2D eigenvalue weighted by Gasteiger charge is -2.48. The Morgan fingerprint density at radius 1 is 0.464 bits per heavy atom. The average molecular weight is 998 g/mol. The molecule has 3 rings (SSSR count). The van der Waals surface area contributed by atoms with Crippen molar-refractivity contribution in [2.75, 3.05) is 26.4 Å². The minimum Gasteiger partial charge on any atom is -0.394 e. The van der Waals surface area contributed by atoms with Crippen LogP contribution >= 0.6 is 0 Å². The van der Waals surface area contributed by atoms with Gasteiger partial charge in [0.05, 0.1) is 38.6 Å². The predicted octanol–water partition coefficient (Wildman–Crippen LogP) is 2.48. The van der Waals surface area contributed by atoms with E-state index < -0.39 is 124 Å². The highest BCUT2D eigenvalue weighted by atomic mass is 16.8. The third kappa shape index (κ3) is 21.7. The number of amides is 1. The number of hydrogen-bond acceptors (Lipinski definition) is 18. The number of unbranched alkanes of at least 4 members (excludes halogenated alkanes) is 22. The lowest BCUT2D eigenvalue weighted by molar-refractivity contribution is -0.379. The van der Waals surface area contributed by atoms with Crippen molar-refractivity contribution in [1.29, 1.82) is 0 Å². The zero-order valence-corrected chi connectivity index (χ0v) is 41.8. The van der Waals surface area contributed by atoms with Crippen molar-refractivity contribution in [1.82, 2.24) is 5.32 Å². The third-order valence-corrected chi connectivity index (χ3v) is 13.9. The fraction of sp³-hybridized carbons (Fsp3) is 0.980. The van der Waals surface area contributed by atoms with Crippen molar-refractivity contribution >= 4 is 5.91 Å². The van der Waals surface area contributed by atoms with Gasteiger partial charge in [-0.1, -0.05) is 162 Å². The second kappa shape index (κ2) is 35.9. The summed E-state index contributed by atoms with van der Waals surface area (Å²) in [5.74, 6) is -0.267. The molecule has 3 fully saturated rings. The Labute approximate surface area is 411 Å². The van der Waals surface area contributed by atoms with Crippen molar-refractivity contribution in [3.05, 3.63) is 0 Å². The fourth-order valence-electron chi connectivity index (χ4n) is 9.43. The van der Waals surface area contributed by atoms with Crippen molar-refractivity contribution in [3.8, 4) is 0 Å². The summed E-state index contributed by atoms with van der Waals surface area (Å²) in [6.45, 7) is 1.59. The van der Waals surface area contributed by atoms with Crippen LogP contribution in [0.2, 0.25) is 0 Å². The number of nitrogens with one attached hydrogen (secondary N) is 1. The Hall–Kier alpha value is -1.21. The summed E-state index contributed by atoms with van der Waals surface area (Å²) in [7, 11) is 0. The monoisotopic (exact) mass is 998 g/mol. The van der Waals surface area contributed by atoms with Crippen molar-refractivity contribution in [3.63, 3.8) is 0 Å². The number of aliphatic hydroxyl groups is 11. The summed E-state index contributed by atoms with van der Waals surface area (Å²) in [4.78, 5) is 12.9. The first-order valence-electron chi connectivity index (χ1n) is 26.8. The van der Waals surface area contributed by atoms with E-state index in [1.165, 1.54) is 109 Å². The Morgan fingerprint density at radius 3 is 1.26 bits per heavy atom. The first kappa shape index (κ1) is 62.1. The summed E-state index contributed by atoms with van der Waals surface area (Å²) < 4.78 is 34.0. The van der Waals surface area contributed by atoms with E-state index in [1.54, 1.807) is 0 Å². The molecule has 0 aromatic rings. The molecule has 3 aliphatic heterocycles. The van der Waals surface area contributed by atoms with Crippen LogP contribution in [-0.4, -0.2) is 193 Å². The maximum atomic E-state index is 12.9. The topological polar surface area (TPSA) is 307 Å². The summed E-state index contributed by atoms with van der Waals surface area (Å²) in [5.41, 5.74) is 0. The van der Waals surface area contributed by atoms with Gasteiger partial charge < -0.3 is 89.9 Å². The van der Waals surface area contributed by atoms with Crippen molar-refractivity contribution in [2.24, 2.45) is 0 Å². The smallest absolute Gasteiger partial charge is 0.220 e. The van der Waals surface area contributed by atoms with Gasteiger partial charge >= 0.3 is 0 Å². The number of aliphatic hydroxyl groups excluding tert-OH is 11. The van der Waals surface area contributed by atoms with Gasteiger partial charge in [-0.15, -0.1) is 0 Å². The van der Waals surface area contributed by atoms with E-state index in [4.69, 9.17) is 28.4 Å². The molecule has 17 atom stereocenters. The molecule has 69 heavy (non-hydrogen) atoms. The molecular formula is C50H95NO18. The summed E-state index contributed by atoms with van der Waals surface area (Å²) in [6, 6.07) is -0.875.